The molecule has 0 saturated carbocycles. The number of para-hydroxylation sites is 1. The molecule has 0 aromatic heterocycles. The zero-order chi connectivity index (χ0) is 26.5. The Morgan fingerprint density at radius 2 is 1.53 bits per heavy atom. The molecule has 3 aromatic carbocycles. The van der Waals surface area contributed by atoms with Crippen LogP contribution in [0.2, 0.25) is 0 Å². The lowest BCUT2D eigenvalue weighted by Crippen LogP contribution is -2.42. The Labute approximate surface area is 210 Å². The molecule has 1 unspecified atom stereocenters. The van der Waals surface area contributed by atoms with Crippen LogP contribution in [-0.2, 0) is 24.7 Å². The smallest absolute Gasteiger partial charge is 0.264 e. The number of halogens is 1. The average molecular weight is 535 g/mol. The van der Waals surface area contributed by atoms with Crippen molar-refractivity contribution in [3.63, 3.8) is 0 Å². The predicted molar refractivity (Wildman–Crippen MR) is 135 cm³/mol. The van der Waals surface area contributed by atoms with E-state index >= 15 is 0 Å². The van der Waals surface area contributed by atoms with Gasteiger partial charge in [-0.1, -0.05) is 31.2 Å². The van der Waals surface area contributed by atoms with Crippen molar-refractivity contribution in [3.8, 4) is 5.75 Å². The Bertz CT molecular complexity index is 1420. The summed E-state index contributed by atoms with van der Waals surface area (Å²) < 4.78 is 70.8. The van der Waals surface area contributed by atoms with Crippen molar-refractivity contribution >= 4 is 31.5 Å². The lowest BCUT2D eigenvalue weighted by molar-refractivity contribution is -0.120. The first-order valence-electron chi connectivity index (χ1n) is 11.0. The van der Waals surface area contributed by atoms with Crippen LogP contribution in [0.25, 0.3) is 0 Å². The molecule has 0 spiro atoms. The van der Waals surface area contributed by atoms with Gasteiger partial charge in [-0.25, -0.2) is 21.2 Å². The molecule has 1 atom stereocenters. The molecule has 3 rings (SSSR count). The van der Waals surface area contributed by atoms with Gasteiger partial charge in [0.15, 0.2) is 9.84 Å². The van der Waals surface area contributed by atoms with Crippen molar-refractivity contribution in [1.82, 2.24) is 5.32 Å². The van der Waals surface area contributed by atoms with E-state index in [1.54, 1.807) is 12.1 Å². The largest absolute Gasteiger partial charge is 0.497 e. The Morgan fingerprint density at radius 3 is 2.06 bits per heavy atom. The summed E-state index contributed by atoms with van der Waals surface area (Å²) in [6.07, 6.45) is 1.55. The second-order valence-electron chi connectivity index (χ2n) is 8.01. The molecule has 1 N–H and O–H groups in total. The number of ether oxygens (including phenoxy) is 1. The third-order valence-corrected chi connectivity index (χ3v) is 8.41. The number of rotatable bonds is 10. The molecule has 0 aliphatic heterocycles. The van der Waals surface area contributed by atoms with Gasteiger partial charge in [0.25, 0.3) is 10.0 Å². The summed E-state index contributed by atoms with van der Waals surface area (Å²) in [6.45, 7) is 1.14. The molecule has 0 heterocycles. The number of amides is 1. The minimum Gasteiger partial charge on any atom is -0.497 e. The van der Waals surface area contributed by atoms with E-state index in [0.29, 0.717) is 17.7 Å². The fourth-order valence-corrected chi connectivity index (χ4v) is 5.63. The molecule has 0 saturated heterocycles. The van der Waals surface area contributed by atoms with E-state index in [0.717, 1.165) is 16.6 Å². The fourth-order valence-electron chi connectivity index (χ4n) is 3.57. The number of carbonyl (C=O) groups is 1. The van der Waals surface area contributed by atoms with E-state index in [9.17, 15) is 26.0 Å². The normalized spacial score (nSPS) is 12.6. The number of benzene rings is 3. The van der Waals surface area contributed by atoms with Crippen molar-refractivity contribution < 1.29 is 30.8 Å². The number of hydrogen-bond donors (Lipinski definition) is 1. The second-order valence-corrected chi connectivity index (χ2v) is 11.9. The number of methoxy groups -OCH3 is 1. The van der Waals surface area contributed by atoms with Gasteiger partial charge < -0.3 is 10.1 Å². The number of carbonyl (C=O) groups excluding carboxylic acids is 1. The Hall–Kier alpha value is -3.44. The van der Waals surface area contributed by atoms with Gasteiger partial charge in [-0.3, -0.25) is 9.10 Å². The van der Waals surface area contributed by atoms with Gasteiger partial charge in [-0.05, 0) is 60.5 Å². The van der Waals surface area contributed by atoms with E-state index in [1.165, 1.54) is 61.7 Å². The topological polar surface area (TPSA) is 110 Å². The maximum Gasteiger partial charge on any atom is 0.264 e. The number of sulfone groups is 1. The SMILES string of the molecule is CCC(NC(=O)CN(c1ccccc1F)S(=O)(=O)c1ccc(OC)cc1)c1ccc(S(C)(=O)=O)cc1. The first-order chi connectivity index (χ1) is 17.0. The molecular formula is C25H27FN2O6S2. The van der Waals surface area contributed by atoms with Gasteiger partial charge in [0.05, 0.1) is 28.6 Å². The summed E-state index contributed by atoms with van der Waals surface area (Å²) >= 11 is 0. The van der Waals surface area contributed by atoms with Gasteiger partial charge in [0.2, 0.25) is 5.91 Å². The van der Waals surface area contributed by atoms with Crippen LogP contribution in [-0.4, -0.2) is 42.7 Å². The molecule has 11 heteroatoms. The first kappa shape index (κ1) is 27.2. The minimum absolute atomic E-state index is 0.136. The third-order valence-electron chi connectivity index (χ3n) is 5.51. The average Bonchev–Trinajstić information content (AvgIpc) is 2.86. The van der Waals surface area contributed by atoms with E-state index < -0.39 is 44.2 Å². The summed E-state index contributed by atoms with van der Waals surface area (Å²) in [5, 5.41) is 2.77. The zero-order valence-corrected chi connectivity index (χ0v) is 21.6. The van der Waals surface area contributed by atoms with Crippen molar-refractivity contribution in [2.24, 2.45) is 0 Å². The monoisotopic (exact) mass is 534 g/mol. The highest BCUT2D eigenvalue weighted by molar-refractivity contribution is 7.93. The van der Waals surface area contributed by atoms with Crippen molar-refractivity contribution in [3.05, 3.63) is 84.2 Å². The molecular weight excluding hydrogens is 507 g/mol. The Kier molecular flexibility index (Phi) is 8.36. The maximum absolute atomic E-state index is 14.7. The van der Waals surface area contributed by atoms with Crippen molar-refractivity contribution in [2.75, 3.05) is 24.2 Å². The molecule has 0 aliphatic carbocycles. The van der Waals surface area contributed by atoms with Crippen LogP contribution >= 0.6 is 0 Å². The lowest BCUT2D eigenvalue weighted by atomic mass is 10.0. The highest BCUT2D eigenvalue weighted by Gasteiger charge is 2.30. The molecule has 8 nitrogen and oxygen atoms in total. The van der Waals surface area contributed by atoms with Crippen LogP contribution < -0.4 is 14.4 Å². The molecule has 0 aliphatic rings. The number of sulfonamides is 1. The quantitative estimate of drug-likeness (QED) is 0.425. The Balaban J connectivity index is 1.90. The van der Waals surface area contributed by atoms with Gasteiger partial charge in [0, 0.05) is 6.26 Å². The molecule has 192 valence electrons. The number of anilines is 1. The second kappa shape index (κ2) is 11.1. The fraction of sp³-hybridized carbons (Fsp3) is 0.240. The van der Waals surface area contributed by atoms with Gasteiger partial charge in [0.1, 0.15) is 18.1 Å². The first-order valence-corrected chi connectivity index (χ1v) is 14.3. The van der Waals surface area contributed by atoms with E-state index in [2.05, 4.69) is 5.32 Å². The summed E-state index contributed by atoms with van der Waals surface area (Å²) in [5.74, 6) is -1.02. The number of nitrogens with zero attached hydrogens (tertiary/aromatic N) is 1. The van der Waals surface area contributed by atoms with Gasteiger partial charge in [-0.2, -0.15) is 0 Å². The predicted octanol–water partition coefficient (Wildman–Crippen LogP) is 3.70. The molecule has 1 amide bonds. The van der Waals surface area contributed by atoms with Gasteiger partial charge in [-0.15, -0.1) is 0 Å². The summed E-state index contributed by atoms with van der Waals surface area (Å²) in [5.41, 5.74) is 0.378. The summed E-state index contributed by atoms with van der Waals surface area (Å²) in [4.78, 5) is 13.0. The third kappa shape index (κ3) is 6.21. The standard InChI is InChI=1S/C25H27FN2O6S2/c1-4-23(18-9-13-20(14-10-18)35(3,30)31)27-25(29)17-28(24-8-6-5-7-22(24)26)36(32,33)21-15-11-19(34-2)12-16-21/h5-16,23H,4,17H2,1-3H3,(H,27,29). The van der Waals surface area contributed by atoms with Crippen LogP contribution in [0.4, 0.5) is 10.1 Å². The van der Waals surface area contributed by atoms with Crippen molar-refractivity contribution in [1.29, 1.82) is 0 Å². The van der Waals surface area contributed by atoms with E-state index in [4.69, 9.17) is 4.74 Å². The molecule has 0 radical (unpaired) electrons. The summed E-state index contributed by atoms with van der Waals surface area (Å²) in [6, 6.07) is 16.4. The maximum atomic E-state index is 14.7. The molecule has 0 bridgehead atoms. The van der Waals surface area contributed by atoms with Gasteiger partial charge >= 0.3 is 0 Å². The van der Waals surface area contributed by atoms with Crippen LogP contribution in [0.15, 0.2) is 82.6 Å². The Morgan fingerprint density at radius 1 is 0.944 bits per heavy atom. The minimum atomic E-state index is -4.32. The van der Waals surface area contributed by atoms with E-state index in [1.807, 2.05) is 6.92 Å². The zero-order valence-electron chi connectivity index (χ0n) is 20.0. The van der Waals surface area contributed by atoms with Crippen LogP contribution in [0.5, 0.6) is 5.75 Å². The molecule has 36 heavy (non-hydrogen) atoms. The summed E-state index contributed by atoms with van der Waals surface area (Å²) in [7, 11) is -6.25. The van der Waals surface area contributed by atoms with Crippen molar-refractivity contribution in [2.45, 2.75) is 29.2 Å². The van der Waals surface area contributed by atoms with Crippen LogP contribution in [0.3, 0.4) is 0 Å². The molecule has 3 aromatic rings. The lowest BCUT2D eigenvalue weighted by Gasteiger charge is -2.26. The number of nitrogens with one attached hydrogen (secondary N) is 1. The van der Waals surface area contributed by atoms with Crippen LogP contribution in [0.1, 0.15) is 24.9 Å². The van der Waals surface area contributed by atoms with Crippen LogP contribution in [0, 0.1) is 5.82 Å². The van der Waals surface area contributed by atoms with E-state index in [-0.39, 0.29) is 15.5 Å². The highest BCUT2D eigenvalue weighted by Crippen LogP contribution is 2.27. The highest BCUT2D eigenvalue weighted by atomic mass is 32.2. The molecule has 0 fully saturated rings. The number of hydrogen-bond acceptors (Lipinski definition) is 6.